The summed E-state index contributed by atoms with van der Waals surface area (Å²) in [5.41, 5.74) is 2.00. The Bertz CT molecular complexity index is 336. The van der Waals surface area contributed by atoms with E-state index in [2.05, 4.69) is 27.2 Å². The smallest absolute Gasteiger partial charge is 0.0724 e. The molecule has 0 bridgehead atoms. The Kier molecular flexibility index (Phi) is 4.45. The average Bonchev–Trinajstić information content (AvgIpc) is 2.34. The van der Waals surface area contributed by atoms with Crippen molar-refractivity contribution < 1.29 is 0 Å². The molecule has 1 unspecified atom stereocenters. The molecule has 1 fully saturated rings. The zero-order valence-corrected chi connectivity index (χ0v) is 10.8. The van der Waals surface area contributed by atoms with Crippen molar-refractivity contribution in [3.8, 4) is 0 Å². The first-order valence-electron chi connectivity index (χ1n) is 6.44. The number of aryl methyl sites for hydroxylation is 1. The van der Waals surface area contributed by atoms with Gasteiger partial charge in [-0.25, -0.2) is 0 Å². The molecule has 4 heteroatoms. The molecular weight excluding hydrogens is 212 g/mol. The van der Waals surface area contributed by atoms with Crippen molar-refractivity contribution in [2.24, 2.45) is 0 Å². The Morgan fingerprint density at radius 1 is 1.35 bits per heavy atom. The molecule has 1 saturated heterocycles. The number of likely N-dealkylation sites (tertiary alicyclic amines) is 1. The minimum atomic E-state index is 0.683. The van der Waals surface area contributed by atoms with Gasteiger partial charge in [0.25, 0.3) is 0 Å². The molecule has 1 aliphatic heterocycles. The molecule has 4 nitrogen and oxygen atoms in total. The standard InChI is InChI=1S/C13H22N4/c1-11-7-16-12(9-15-11)8-14-10-13-5-3-4-6-17(13)2/h7,9,13-14H,3-6,8,10H2,1-2H3. The largest absolute Gasteiger partial charge is 0.310 e. The summed E-state index contributed by atoms with van der Waals surface area (Å²) in [5.74, 6) is 0. The summed E-state index contributed by atoms with van der Waals surface area (Å²) in [6.07, 6.45) is 7.69. The molecule has 0 aliphatic carbocycles. The van der Waals surface area contributed by atoms with Gasteiger partial charge in [-0.3, -0.25) is 9.97 Å². The monoisotopic (exact) mass is 234 g/mol. The fraction of sp³-hybridized carbons (Fsp3) is 0.692. The van der Waals surface area contributed by atoms with Crippen LogP contribution in [0.4, 0.5) is 0 Å². The lowest BCUT2D eigenvalue weighted by molar-refractivity contribution is 0.181. The third-order valence-corrected chi connectivity index (χ3v) is 3.44. The Morgan fingerprint density at radius 2 is 2.24 bits per heavy atom. The van der Waals surface area contributed by atoms with Crippen LogP contribution < -0.4 is 5.32 Å². The predicted molar refractivity (Wildman–Crippen MR) is 68.7 cm³/mol. The van der Waals surface area contributed by atoms with Crippen LogP contribution >= 0.6 is 0 Å². The van der Waals surface area contributed by atoms with Crippen LogP contribution in [0.5, 0.6) is 0 Å². The fourth-order valence-corrected chi connectivity index (χ4v) is 2.28. The maximum Gasteiger partial charge on any atom is 0.0724 e. The van der Waals surface area contributed by atoms with Gasteiger partial charge in [-0.2, -0.15) is 0 Å². The highest BCUT2D eigenvalue weighted by Gasteiger charge is 2.17. The third-order valence-electron chi connectivity index (χ3n) is 3.44. The van der Waals surface area contributed by atoms with Gasteiger partial charge in [0.05, 0.1) is 11.4 Å². The molecule has 1 atom stereocenters. The quantitative estimate of drug-likeness (QED) is 0.854. The van der Waals surface area contributed by atoms with Crippen LogP contribution in [0.3, 0.4) is 0 Å². The molecule has 2 rings (SSSR count). The lowest BCUT2D eigenvalue weighted by Crippen LogP contribution is -2.42. The zero-order valence-electron chi connectivity index (χ0n) is 10.8. The lowest BCUT2D eigenvalue weighted by Gasteiger charge is -2.32. The minimum absolute atomic E-state index is 0.683. The molecule has 1 aromatic heterocycles. The highest BCUT2D eigenvalue weighted by Crippen LogP contribution is 2.13. The van der Waals surface area contributed by atoms with E-state index in [0.717, 1.165) is 24.5 Å². The first kappa shape index (κ1) is 12.5. The van der Waals surface area contributed by atoms with Crippen molar-refractivity contribution in [3.05, 3.63) is 23.8 Å². The molecule has 1 aromatic rings. The first-order chi connectivity index (χ1) is 8.25. The second-order valence-electron chi connectivity index (χ2n) is 4.91. The van der Waals surface area contributed by atoms with Gasteiger partial charge in [0.2, 0.25) is 0 Å². The summed E-state index contributed by atoms with van der Waals surface area (Å²) < 4.78 is 0. The van der Waals surface area contributed by atoms with Gasteiger partial charge in [0, 0.05) is 31.5 Å². The Labute approximate surface area is 103 Å². The number of nitrogens with zero attached hydrogens (tertiary/aromatic N) is 3. The normalized spacial score (nSPS) is 21.6. The van der Waals surface area contributed by atoms with Crippen LogP contribution in [0.25, 0.3) is 0 Å². The SMILES string of the molecule is Cc1cnc(CNCC2CCCCN2C)cn1. The second-order valence-corrected chi connectivity index (χ2v) is 4.91. The van der Waals surface area contributed by atoms with E-state index in [1.165, 1.54) is 25.8 Å². The fourth-order valence-electron chi connectivity index (χ4n) is 2.28. The summed E-state index contributed by atoms with van der Waals surface area (Å²) in [4.78, 5) is 11.0. The van der Waals surface area contributed by atoms with Crippen LogP contribution in [-0.2, 0) is 6.54 Å². The van der Waals surface area contributed by atoms with Gasteiger partial charge in [0.15, 0.2) is 0 Å². The summed E-state index contributed by atoms with van der Waals surface area (Å²) >= 11 is 0. The van der Waals surface area contributed by atoms with E-state index in [0.29, 0.717) is 6.04 Å². The van der Waals surface area contributed by atoms with Gasteiger partial charge in [-0.1, -0.05) is 6.42 Å². The molecule has 1 N–H and O–H groups in total. The number of likely N-dealkylation sites (N-methyl/N-ethyl adjacent to an activating group) is 1. The van der Waals surface area contributed by atoms with Gasteiger partial charge < -0.3 is 10.2 Å². The van der Waals surface area contributed by atoms with E-state index >= 15 is 0 Å². The molecule has 1 aliphatic rings. The van der Waals surface area contributed by atoms with E-state index in [4.69, 9.17) is 0 Å². The second kappa shape index (κ2) is 6.07. The van der Waals surface area contributed by atoms with Gasteiger partial charge in [-0.05, 0) is 33.4 Å². The molecule has 94 valence electrons. The van der Waals surface area contributed by atoms with E-state index in [9.17, 15) is 0 Å². The Hall–Kier alpha value is -1.00. The van der Waals surface area contributed by atoms with Crippen molar-refractivity contribution in [2.45, 2.75) is 38.8 Å². The van der Waals surface area contributed by atoms with Gasteiger partial charge in [0.1, 0.15) is 0 Å². The molecule has 2 heterocycles. The number of rotatable bonds is 4. The maximum absolute atomic E-state index is 4.34. The van der Waals surface area contributed by atoms with Crippen molar-refractivity contribution in [1.29, 1.82) is 0 Å². The lowest BCUT2D eigenvalue weighted by atomic mass is 10.0. The van der Waals surface area contributed by atoms with Crippen molar-refractivity contribution in [1.82, 2.24) is 20.2 Å². The number of piperidine rings is 1. The van der Waals surface area contributed by atoms with Gasteiger partial charge in [-0.15, -0.1) is 0 Å². The highest BCUT2D eigenvalue weighted by molar-refractivity contribution is 5.00. The van der Waals surface area contributed by atoms with Crippen molar-refractivity contribution in [2.75, 3.05) is 20.1 Å². The van der Waals surface area contributed by atoms with E-state index in [1.54, 1.807) is 0 Å². The third kappa shape index (κ3) is 3.75. The molecule has 0 aromatic carbocycles. The van der Waals surface area contributed by atoms with E-state index in [1.807, 2.05) is 19.3 Å². The maximum atomic E-state index is 4.34. The van der Waals surface area contributed by atoms with Crippen LogP contribution in [0.15, 0.2) is 12.4 Å². The Morgan fingerprint density at radius 3 is 2.94 bits per heavy atom. The van der Waals surface area contributed by atoms with Crippen LogP contribution in [0.1, 0.15) is 30.7 Å². The Balaban J connectivity index is 1.73. The number of nitrogens with one attached hydrogen (secondary N) is 1. The molecule has 0 radical (unpaired) electrons. The van der Waals surface area contributed by atoms with E-state index in [-0.39, 0.29) is 0 Å². The van der Waals surface area contributed by atoms with Gasteiger partial charge >= 0.3 is 0 Å². The summed E-state index contributed by atoms with van der Waals surface area (Å²) in [6, 6.07) is 0.683. The molecular formula is C13H22N4. The molecule has 17 heavy (non-hydrogen) atoms. The topological polar surface area (TPSA) is 41.1 Å². The molecule has 0 amide bonds. The average molecular weight is 234 g/mol. The van der Waals surface area contributed by atoms with Crippen LogP contribution in [-0.4, -0.2) is 41.0 Å². The highest BCUT2D eigenvalue weighted by atomic mass is 15.2. The molecule has 0 spiro atoms. The predicted octanol–water partition coefficient (Wildman–Crippen LogP) is 1.36. The number of aromatic nitrogens is 2. The van der Waals surface area contributed by atoms with Crippen LogP contribution in [0, 0.1) is 6.92 Å². The van der Waals surface area contributed by atoms with Crippen molar-refractivity contribution in [3.63, 3.8) is 0 Å². The summed E-state index contributed by atoms with van der Waals surface area (Å²) in [6.45, 7) is 5.06. The van der Waals surface area contributed by atoms with E-state index < -0.39 is 0 Å². The molecule has 0 saturated carbocycles. The zero-order chi connectivity index (χ0) is 12.1. The first-order valence-corrected chi connectivity index (χ1v) is 6.44. The summed E-state index contributed by atoms with van der Waals surface area (Å²) in [7, 11) is 2.22. The van der Waals surface area contributed by atoms with Crippen molar-refractivity contribution >= 4 is 0 Å². The van der Waals surface area contributed by atoms with Crippen LogP contribution in [0.2, 0.25) is 0 Å². The number of hydrogen-bond acceptors (Lipinski definition) is 4. The summed E-state index contributed by atoms with van der Waals surface area (Å²) in [5, 5.41) is 3.48. The minimum Gasteiger partial charge on any atom is -0.310 e. The number of hydrogen-bond donors (Lipinski definition) is 1.